The maximum Gasteiger partial charge on any atom is 0.111 e. The maximum atomic E-state index is 9.54. The minimum Gasteiger partial charge on any atom is -0.296 e. The molecule has 9 aromatic rings. The van der Waals surface area contributed by atoms with Gasteiger partial charge in [0.05, 0.1) is 27.7 Å². The summed E-state index contributed by atoms with van der Waals surface area (Å²) in [6, 6.07) is 37.7. The Morgan fingerprint density at radius 3 is 1.56 bits per heavy atom. The Kier molecular flexibility index (Phi) is 4.99. The number of aryl methyl sites for hydroxylation is 1. The molecule has 0 fully saturated rings. The van der Waals surface area contributed by atoms with Crippen LogP contribution in [0.2, 0.25) is 0 Å². The van der Waals surface area contributed by atoms with Crippen molar-refractivity contribution in [3.8, 4) is 50.2 Å². The zero-order valence-corrected chi connectivity index (χ0v) is 26.0. The van der Waals surface area contributed by atoms with Crippen molar-refractivity contribution in [2.24, 2.45) is 0 Å². The quantitative estimate of drug-likeness (QED) is 0.175. The van der Waals surface area contributed by atoms with E-state index in [-0.39, 0.29) is 51.3 Å². The maximum absolute atomic E-state index is 9.54. The highest BCUT2D eigenvalue weighted by Gasteiger charge is 2.21. The van der Waals surface area contributed by atoms with Crippen LogP contribution in [0.5, 0.6) is 0 Å². The zero-order chi connectivity index (χ0) is 39.0. The van der Waals surface area contributed by atoms with Crippen LogP contribution < -0.4 is 0 Å². The Morgan fingerprint density at radius 1 is 0.479 bits per heavy atom. The van der Waals surface area contributed by atoms with E-state index in [4.69, 9.17) is 10.5 Å². The van der Waals surface area contributed by atoms with Crippen LogP contribution in [-0.4, -0.2) is 9.55 Å². The largest absolute Gasteiger partial charge is 0.296 e. The molecule has 2 heteroatoms. The topological polar surface area (TPSA) is 17.8 Å². The van der Waals surface area contributed by atoms with Gasteiger partial charge in [-0.1, -0.05) is 139 Å². The molecule has 2 nitrogen and oxygen atoms in total. The molecule has 0 atom stereocenters. The lowest BCUT2D eigenvalue weighted by molar-refractivity contribution is 1.00. The molecule has 0 saturated heterocycles. The van der Waals surface area contributed by atoms with Crippen LogP contribution in [0, 0.1) is 6.92 Å². The number of imidazole rings is 1. The first kappa shape index (κ1) is 20.8. The second kappa shape index (κ2) is 11.5. The van der Waals surface area contributed by atoms with E-state index in [0.29, 0.717) is 28.2 Å². The minimum atomic E-state index is -0.445. The molecule has 1 aromatic heterocycles. The van der Waals surface area contributed by atoms with Crippen LogP contribution in [0.15, 0.2) is 176 Å². The van der Waals surface area contributed by atoms with E-state index in [1.807, 2.05) is 133 Å². The van der Waals surface area contributed by atoms with Crippen molar-refractivity contribution < 1.29 is 11.0 Å². The standard InChI is InChI=1S/C46H32N2/c1-31-47-42-25-13-15-27-44(42)48(31)43-26-14-12-24-41(43)46-39-22-10-8-20-37(39)45(38-21-9-11-23-40(38)46)36-29-34(32-16-4-2-5-17-32)28-35(30-36)33-18-6-3-7-19-33/h2-30H,1H3/i8D,9D,10D,11D,20D,21D,22D,23D. The third-order valence-corrected chi connectivity index (χ3v) is 8.95. The van der Waals surface area contributed by atoms with E-state index >= 15 is 0 Å². The second-order valence-corrected chi connectivity index (χ2v) is 11.8. The summed E-state index contributed by atoms with van der Waals surface area (Å²) in [7, 11) is 0. The van der Waals surface area contributed by atoms with E-state index in [9.17, 15) is 5.48 Å². The van der Waals surface area contributed by atoms with Crippen molar-refractivity contribution in [2.45, 2.75) is 6.92 Å². The highest BCUT2D eigenvalue weighted by Crippen LogP contribution is 2.46. The van der Waals surface area contributed by atoms with Crippen LogP contribution in [-0.2, 0) is 0 Å². The number of nitrogens with zero attached hydrogens (tertiary/aromatic N) is 2. The van der Waals surface area contributed by atoms with Gasteiger partial charge in [0.15, 0.2) is 0 Å². The Balaban J connectivity index is 1.53. The van der Waals surface area contributed by atoms with Gasteiger partial charge in [-0.25, -0.2) is 4.98 Å². The van der Waals surface area contributed by atoms with Crippen molar-refractivity contribution in [3.63, 3.8) is 0 Å². The Morgan fingerprint density at radius 2 is 0.958 bits per heavy atom. The lowest BCUT2D eigenvalue weighted by atomic mass is 9.84. The van der Waals surface area contributed by atoms with Crippen LogP contribution in [0.1, 0.15) is 16.8 Å². The smallest absolute Gasteiger partial charge is 0.111 e. The number of para-hydroxylation sites is 3. The Bertz CT molecular complexity index is 2930. The first-order valence-corrected chi connectivity index (χ1v) is 15.8. The summed E-state index contributed by atoms with van der Waals surface area (Å²) in [4.78, 5) is 4.80. The highest BCUT2D eigenvalue weighted by atomic mass is 15.1. The van der Waals surface area contributed by atoms with Crippen LogP contribution >= 0.6 is 0 Å². The van der Waals surface area contributed by atoms with Gasteiger partial charge < -0.3 is 0 Å². The molecular weight excluding hydrogens is 581 g/mol. The number of hydrogen-bond acceptors (Lipinski definition) is 1. The second-order valence-electron chi connectivity index (χ2n) is 11.8. The molecular formula is C46H32N2. The summed E-state index contributed by atoms with van der Waals surface area (Å²) < 4.78 is 75.9. The molecule has 48 heavy (non-hydrogen) atoms. The van der Waals surface area contributed by atoms with E-state index in [1.165, 1.54) is 0 Å². The predicted molar refractivity (Wildman–Crippen MR) is 203 cm³/mol. The lowest BCUT2D eigenvalue weighted by Crippen LogP contribution is -2.00. The van der Waals surface area contributed by atoms with Gasteiger partial charge in [0.1, 0.15) is 5.82 Å². The number of fused-ring (bicyclic) bond motifs is 3. The number of aromatic nitrogens is 2. The summed E-state index contributed by atoms with van der Waals surface area (Å²) in [5.41, 5.74) is 7.39. The third-order valence-electron chi connectivity index (χ3n) is 8.95. The van der Waals surface area contributed by atoms with Gasteiger partial charge in [-0.2, -0.15) is 0 Å². The zero-order valence-electron chi connectivity index (χ0n) is 34.0. The van der Waals surface area contributed by atoms with Gasteiger partial charge in [0.2, 0.25) is 0 Å². The summed E-state index contributed by atoms with van der Waals surface area (Å²) in [6.07, 6.45) is 0. The molecule has 0 unspecified atom stereocenters. The van der Waals surface area contributed by atoms with Gasteiger partial charge in [0.25, 0.3) is 0 Å². The van der Waals surface area contributed by atoms with E-state index < -0.39 is 24.2 Å². The van der Waals surface area contributed by atoms with Crippen molar-refractivity contribution in [1.29, 1.82) is 0 Å². The summed E-state index contributed by atoms with van der Waals surface area (Å²) in [5.74, 6) is 0.679. The molecule has 0 amide bonds. The van der Waals surface area contributed by atoms with Crippen molar-refractivity contribution >= 4 is 32.6 Å². The first-order valence-electron chi connectivity index (χ1n) is 19.8. The van der Waals surface area contributed by atoms with E-state index in [0.717, 1.165) is 33.3 Å². The SMILES string of the molecule is [2H]c1c([2H])c([2H])c2c(-c3ccccc3-n3c(C)nc4ccccc43)c3c([2H])c([2H])c([2H])c([2H])c3c(-c3cc(-c4ccccc4)cc(-c4ccccc4)c3)c2c1[2H]. The molecule has 0 radical (unpaired) electrons. The van der Waals surface area contributed by atoms with Crippen LogP contribution in [0.25, 0.3) is 82.8 Å². The fourth-order valence-corrected chi connectivity index (χ4v) is 6.88. The van der Waals surface area contributed by atoms with Crippen LogP contribution in [0.3, 0.4) is 0 Å². The third kappa shape index (κ3) is 4.61. The molecule has 8 aromatic carbocycles. The molecule has 0 aliphatic heterocycles. The average molecular weight is 621 g/mol. The Hall–Kier alpha value is -6.25. The molecule has 0 N–H and O–H groups in total. The lowest BCUT2D eigenvalue weighted by Gasteiger charge is -2.21. The number of rotatable bonds is 5. The van der Waals surface area contributed by atoms with Gasteiger partial charge in [-0.3, -0.25) is 4.57 Å². The van der Waals surface area contributed by atoms with E-state index in [1.54, 1.807) is 0 Å². The normalized spacial score (nSPS) is 13.8. The Labute approximate surface area is 291 Å². The minimum absolute atomic E-state index is 0.157. The highest BCUT2D eigenvalue weighted by molar-refractivity contribution is 6.22. The molecule has 1 heterocycles. The predicted octanol–water partition coefficient (Wildman–Crippen LogP) is 12.3. The van der Waals surface area contributed by atoms with E-state index in [2.05, 4.69) is 6.07 Å². The fourth-order valence-electron chi connectivity index (χ4n) is 6.88. The van der Waals surface area contributed by atoms with Gasteiger partial charge >= 0.3 is 0 Å². The summed E-state index contributed by atoms with van der Waals surface area (Å²) >= 11 is 0. The van der Waals surface area contributed by atoms with Crippen molar-refractivity contribution in [1.82, 2.24) is 9.55 Å². The molecule has 0 aliphatic carbocycles. The monoisotopic (exact) mass is 620 g/mol. The van der Waals surface area contributed by atoms with Crippen molar-refractivity contribution in [2.75, 3.05) is 0 Å². The van der Waals surface area contributed by atoms with Gasteiger partial charge in [-0.05, 0) is 104 Å². The number of benzene rings is 8. The van der Waals surface area contributed by atoms with Gasteiger partial charge in [0, 0.05) is 5.56 Å². The van der Waals surface area contributed by atoms with Crippen LogP contribution in [0.4, 0.5) is 0 Å². The molecule has 0 saturated carbocycles. The number of hydrogen-bond donors (Lipinski definition) is 0. The molecule has 0 bridgehead atoms. The molecule has 0 spiro atoms. The first-order chi connectivity index (χ1) is 27.1. The van der Waals surface area contributed by atoms with Crippen molar-refractivity contribution in [3.05, 3.63) is 182 Å². The summed E-state index contributed by atoms with van der Waals surface area (Å²) in [5, 5.41) is 0.637. The fraction of sp³-hybridized carbons (Fsp3) is 0.0217. The molecule has 0 aliphatic rings. The summed E-state index contributed by atoms with van der Waals surface area (Å²) in [6.45, 7) is 1.89. The molecule has 226 valence electrons. The van der Waals surface area contributed by atoms with Gasteiger partial charge in [-0.15, -0.1) is 0 Å². The average Bonchev–Trinajstić information content (AvgIpc) is 3.58. The molecule has 9 rings (SSSR count).